The van der Waals surface area contributed by atoms with Crippen LogP contribution in [0.15, 0.2) is 36.4 Å². The molecule has 130 valence electrons. The molecule has 0 unspecified atom stereocenters. The van der Waals surface area contributed by atoms with Crippen LogP contribution in [0.25, 0.3) is 0 Å². The van der Waals surface area contributed by atoms with E-state index in [1.54, 1.807) is 14.2 Å². The smallest absolute Gasteiger partial charge is 0.188 e. The highest BCUT2D eigenvalue weighted by molar-refractivity contribution is 5.51. The molecular weight excluding hydrogens is 306 g/mol. The van der Waals surface area contributed by atoms with Crippen molar-refractivity contribution in [1.82, 2.24) is 0 Å². The molecule has 0 aliphatic carbocycles. The van der Waals surface area contributed by atoms with Gasteiger partial charge in [0.05, 0.1) is 6.04 Å². The van der Waals surface area contributed by atoms with E-state index in [1.165, 1.54) is 0 Å². The third kappa shape index (κ3) is 4.06. The summed E-state index contributed by atoms with van der Waals surface area (Å²) in [5.74, 6) is 1.48. The van der Waals surface area contributed by atoms with Gasteiger partial charge in [-0.15, -0.1) is 0 Å². The first-order chi connectivity index (χ1) is 11.6. The SMILES string of the molecule is COCOc1c(C)cccc1C(N)c1cccc(C)c1OCOC. The van der Waals surface area contributed by atoms with Gasteiger partial charge in [0.2, 0.25) is 0 Å². The molecule has 5 nitrogen and oxygen atoms in total. The molecule has 0 bridgehead atoms. The zero-order valence-corrected chi connectivity index (χ0v) is 14.7. The number of methoxy groups -OCH3 is 2. The van der Waals surface area contributed by atoms with Crippen molar-refractivity contribution in [2.24, 2.45) is 5.73 Å². The second-order valence-corrected chi connectivity index (χ2v) is 5.57. The minimum absolute atomic E-state index is 0.172. The highest BCUT2D eigenvalue weighted by Crippen LogP contribution is 2.36. The van der Waals surface area contributed by atoms with Gasteiger partial charge in [-0.3, -0.25) is 0 Å². The van der Waals surface area contributed by atoms with Crippen molar-refractivity contribution >= 4 is 0 Å². The maximum absolute atomic E-state index is 6.56. The molecule has 2 N–H and O–H groups in total. The second-order valence-electron chi connectivity index (χ2n) is 5.57. The quantitative estimate of drug-likeness (QED) is 0.752. The Kier molecular flexibility index (Phi) is 6.61. The molecule has 0 amide bonds. The van der Waals surface area contributed by atoms with Crippen LogP contribution in [0, 0.1) is 13.8 Å². The van der Waals surface area contributed by atoms with E-state index in [0.717, 1.165) is 33.8 Å². The lowest BCUT2D eigenvalue weighted by Gasteiger charge is -2.22. The minimum atomic E-state index is -0.386. The van der Waals surface area contributed by atoms with Crippen LogP contribution < -0.4 is 15.2 Å². The maximum Gasteiger partial charge on any atom is 0.188 e. The summed E-state index contributed by atoms with van der Waals surface area (Å²) in [5.41, 5.74) is 10.3. The molecule has 0 radical (unpaired) electrons. The Hall–Kier alpha value is -2.08. The van der Waals surface area contributed by atoms with E-state index in [1.807, 2.05) is 50.2 Å². The molecule has 0 heterocycles. The predicted octanol–water partition coefficient (Wildman–Crippen LogP) is 3.32. The van der Waals surface area contributed by atoms with Crippen LogP contribution in [0.3, 0.4) is 0 Å². The predicted molar refractivity (Wildman–Crippen MR) is 93.4 cm³/mol. The van der Waals surface area contributed by atoms with Crippen LogP contribution in [0.5, 0.6) is 11.5 Å². The Labute approximate surface area is 143 Å². The first kappa shape index (κ1) is 18.3. The third-order valence-electron chi connectivity index (χ3n) is 3.80. The summed E-state index contributed by atoms with van der Waals surface area (Å²) in [4.78, 5) is 0. The Morgan fingerprint density at radius 1 is 0.792 bits per heavy atom. The number of rotatable bonds is 8. The van der Waals surface area contributed by atoms with Crippen LogP contribution in [0.2, 0.25) is 0 Å². The van der Waals surface area contributed by atoms with Crippen molar-refractivity contribution in [2.75, 3.05) is 27.8 Å². The fourth-order valence-electron chi connectivity index (χ4n) is 2.64. The zero-order valence-electron chi connectivity index (χ0n) is 14.7. The Balaban J connectivity index is 2.44. The van der Waals surface area contributed by atoms with E-state index in [4.69, 9.17) is 24.7 Å². The van der Waals surface area contributed by atoms with Gasteiger partial charge >= 0.3 is 0 Å². The van der Waals surface area contributed by atoms with Gasteiger partial charge < -0.3 is 24.7 Å². The molecule has 0 aliphatic rings. The molecule has 5 heteroatoms. The van der Waals surface area contributed by atoms with Gasteiger partial charge in [-0.1, -0.05) is 36.4 Å². The van der Waals surface area contributed by atoms with Crippen molar-refractivity contribution in [1.29, 1.82) is 0 Å². The average molecular weight is 331 g/mol. The summed E-state index contributed by atoms with van der Waals surface area (Å²) in [5, 5.41) is 0. The van der Waals surface area contributed by atoms with Crippen molar-refractivity contribution in [3.8, 4) is 11.5 Å². The number of para-hydroxylation sites is 2. The lowest BCUT2D eigenvalue weighted by molar-refractivity contribution is 0.0488. The lowest BCUT2D eigenvalue weighted by atomic mass is 9.95. The topological polar surface area (TPSA) is 62.9 Å². The van der Waals surface area contributed by atoms with Crippen molar-refractivity contribution in [3.05, 3.63) is 58.7 Å². The summed E-state index contributed by atoms with van der Waals surface area (Å²) in [6.45, 7) is 4.32. The van der Waals surface area contributed by atoms with Crippen LogP contribution >= 0.6 is 0 Å². The van der Waals surface area contributed by atoms with Gasteiger partial charge in [0.15, 0.2) is 13.6 Å². The van der Waals surface area contributed by atoms with Gasteiger partial charge in [-0.2, -0.15) is 0 Å². The highest BCUT2D eigenvalue weighted by Gasteiger charge is 2.20. The average Bonchev–Trinajstić information content (AvgIpc) is 2.58. The van der Waals surface area contributed by atoms with E-state index in [0.29, 0.717) is 0 Å². The van der Waals surface area contributed by atoms with Gasteiger partial charge in [0.25, 0.3) is 0 Å². The fourth-order valence-corrected chi connectivity index (χ4v) is 2.64. The lowest BCUT2D eigenvalue weighted by Crippen LogP contribution is -2.17. The number of benzene rings is 2. The first-order valence-electron chi connectivity index (χ1n) is 7.78. The van der Waals surface area contributed by atoms with E-state index >= 15 is 0 Å². The summed E-state index contributed by atoms with van der Waals surface area (Å²) in [6.07, 6.45) is 0. The fraction of sp³-hybridized carbons (Fsp3) is 0.368. The van der Waals surface area contributed by atoms with Crippen LogP contribution in [0.4, 0.5) is 0 Å². The molecule has 0 aromatic heterocycles. The summed E-state index contributed by atoms with van der Waals surface area (Å²) in [7, 11) is 3.18. The van der Waals surface area contributed by atoms with Crippen LogP contribution in [0.1, 0.15) is 28.3 Å². The van der Waals surface area contributed by atoms with Crippen molar-refractivity contribution < 1.29 is 18.9 Å². The Bertz CT molecular complexity index is 615. The maximum atomic E-state index is 6.56. The number of aryl methyl sites for hydroxylation is 2. The number of ether oxygens (including phenoxy) is 4. The van der Waals surface area contributed by atoms with Crippen LogP contribution in [-0.2, 0) is 9.47 Å². The van der Waals surface area contributed by atoms with Crippen molar-refractivity contribution in [2.45, 2.75) is 19.9 Å². The Morgan fingerprint density at radius 2 is 1.21 bits per heavy atom. The molecule has 0 aliphatic heterocycles. The number of hydrogen-bond acceptors (Lipinski definition) is 5. The first-order valence-corrected chi connectivity index (χ1v) is 7.78. The molecule has 24 heavy (non-hydrogen) atoms. The molecule has 2 aromatic rings. The van der Waals surface area contributed by atoms with E-state index in [-0.39, 0.29) is 19.6 Å². The standard InChI is InChI=1S/C19H25NO4/c1-13-7-5-9-15(18(13)23-11-21-3)17(20)16-10-6-8-14(2)19(16)24-12-22-4/h5-10,17H,11-12,20H2,1-4H3. The van der Waals surface area contributed by atoms with Gasteiger partial charge in [0.1, 0.15) is 11.5 Å². The summed E-state index contributed by atoms with van der Waals surface area (Å²) < 4.78 is 21.6. The number of nitrogens with two attached hydrogens (primary N) is 1. The molecular formula is C19H25NO4. The largest absolute Gasteiger partial charge is 0.467 e. The molecule has 0 saturated heterocycles. The summed E-state index contributed by atoms with van der Waals surface area (Å²) >= 11 is 0. The molecule has 0 atom stereocenters. The molecule has 2 rings (SSSR count). The summed E-state index contributed by atoms with van der Waals surface area (Å²) in [6, 6.07) is 11.4. The normalized spacial score (nSPS) is 10.9. The van der Waals surface area contributed by atoms with Gasteiger partial charge in [0, 0.05) is 25.3 Å². The molecule has 0 fully saturated rings. The van der Waals surface area contributed by atoms with Crippen molar-refractivity contribution in [3.63, 3.8) is 0 Å². The molecule has 0 spiro atoms. The zero-order chi connectivity index (χ0) is 17.5. The van der Waals surface area contributed by atoms with Crippen LogP contribution in [-0.4, -0.2) is 27.8 Å². The molecule has 2 aromatic carbocycles. The van der Waals surface area contributed by atoms with Gasteiger partial charge in [-0.25, -0.2) is 0 Å². The second kappa shape index (κ2) is 8.68. The third-order valence-corrected chi connectivity index (χ3v) is 3.80. The number of hydrogen-bond donors (Lipinski definition) is 1. The monoisotopic (exact) mass is 331 g/mol. The van der Waals surface area contributed by atoms with E-state index in [2.05, 4.69) is 0 Å². The molecule has 0 saturated carbocycles. The van der Waals surface area contributed by atoms with E-state index < -0.39 is 0 Å². The Morgan fingerprint density at radius 3 is 1.58 bits per heavy atom. The minimum Gasteiger partial charge on any atom is -0.467 e. The van der Waals surface area contributed by atoms with Gasteiger partial charge in [-0.05, 0) is 25.0 Å². The van der Waals surface area contributed by atoms with E-state index in [9.17, 15) is 0 Å². The highest BCUT2D eigenvalue weighted by atomic mass is 16.7.